The summed E-state index contributed by atoms with van der Waals surface area (Å²) < 4.78 is 0. The molecule has 6 nitrogen and oxygen atoms in total. The minimum atomic E-state index is -0.215. The first kappa shape index (κ1) is 18.5. The Hall–Kier alpha value is -1.30. The van der Waals surface area contributed by atoms with Crippen LogP contribution in [-0.2, 0) is 4.79 Å². The van der Waals surface area contributed by atoms with Gasteiger partial charge in [0.05, 0.1) is 5.41 Å². The summed E-state index contributed by atoms with van der Waals surface area (Å²) in [4.78, 5) is 29.5. The van der Waals surface area contributed by atoms with Gasteiger partial charge in [0.25, 0.3) is 0 Å². The number of nitrogens with zero attached hydrogens (tertiary/aromatic N) is 2. The Morgan fingerprint density at radius 1 is 1.16 bits per heavy atom. The smallest absolute Gasteiger partial charge is 0.317 e. The Bertz CT molecular complexity index is 528. The summed E-state index contributed by atoms with van der Waals surface area (Å²) >= 11 is 0. The Labute approximate surface area is 151 Å². The molecule has 3 aliphatic rings. The maximum absolute atomic E-state index is 12.8. The highest BCUT2D eigenvalue weighted by molar-refractivity contribution is 5.84. The molecule has 2 aliphatic heterocycles. The lowest BCUT2D eigenvalue weighted by molar-refractivity contribution is -0.132. The number of carbonyl (C=O) groups is 2. The van der Waals surface area contributed by atoms with Crippen LogP contribution in [0.15, 0.2) is 0 Å². The standard InChI is InChI=1S/C19H34N4O2/c1-5-22-12-15-18(6-7-19(15,13-22)16(24)20-4)8-10-23(11-9-18)17(25)21-14(2)3/h14-15H,5-13H2,1-4H3,(H,20,24)(H,21,25)/t15-,19+/m1/s1. The third-order valence-corrected chi connectivity index (χ3v) is 7.01. The Balaban J connectivity index is 1.74. The molecule has 0 aromatic rings. The van der Waals surface area contributed by atoms with Crippen molar-refractivity contribution in [2.24, 2.45) is 16.7 Å². The molecule has 0 unspecified atom stereocenters. The predicted molar refractivity (Wildman–Crippen MR) is 98.2 cm³/mol. The van der Waals surface area contributed by atoms with Crippen LogP contribution in [-0.4, -0.2) is 67.6 Å². The summed E-state index contributed by atoms with van der Waals surface area (Å²) in [5.74, 6) is 0.653. The van der Waals surface area contributed by atoms with Gasteiger partial charge in [0, 0.05) is 39.3 Å². The second-order valence-electron chi connectivity index (χ2n) is 8.57. The first-order chi connectivity index (χ1) is 11.9. The zero-order valence-corrected chi connectivity index (χ0v) is 16.2. The molecule has 3 amide bonds. The van der Waals surface area contributed by atoms with E-state index in [4.69, 9.17) is 0 Å². The van der Waals surface area contributed by atoms with Crippen molar-refractivity contribution < 1.29 is 9.59 Å². The highest BCUT2D eigenvalue weighted by Crippen LogP contribution is 2.62. The lowest BCUT2D eigenvalue weighted by Crippen LogP contribution is -2.51. The summed E-state index contributed by atoms with van der Waals surface area (Å²) in [5, 5.41) is 5.95. The summed E-state index contributed by atoms with van der Waals surface area (Å²) in [6.45, 7) is 10.7. The Morgan fingerprint density at radius 2 is 1.84 bits per heavy atom. The van der Waals surface area contributed by atoms with Crippen LogP contribution in [0.1, 0.15) is 46.5 Å². The predicted octanol–water partition coefficient (Wildman–Crippen LogP) is 1.66. The van der Waals surface area contributed by atoms with Crippen LogP contribution in [0.2, 0.25) is 0 Å². The van der Waals surface area contributed by atoms with Crippen molar-refractivity contribution in [3.8, 4) is 0 Å². The zero-order valence-electron chi connectivity index (χ0n) is 16.2. The quantitative estimate of drug-likeness (QED) is 0.814. The van der Waals surface area contributed by atoms with E-state index in [2.05, 4.69) is 22.5 Å². The molecule has 2 saturated heterocycles. The van der Waals surface area contributed by atoms with Crippen molar-refractivity contribution in [1.82, 2.24) is 20.4 Å². The van der Waals surface area contributed by atoms with Gasteiger partial charge in [-0.1, -0.05) is 6.92 Å². The Morgan fingerprint density at radius 3 is 2.40 bits per heavy atom. The van der Waals surface area contributed by atoms with Gasteiger partial charge >= 0.3 is 6.03 Å². The summed E-state index contributed by atoms with van der Waals surface area (Å²) in [5.41, 5.74) is 0.0121. The van der Waals surface area contributed by atoms with Gasteiger partial charge in [0.1, 0.15) is 0 Å². The van der Waals surface area contributed by atoms with Gasteiger partial charge in [-0.25, -0.2) is 4.79 Å². The number of hydrogen-bond acceptors (Lipinski definition) is 3. The molecule has 2 N–H and O–H groups in total. The number of amides is 3. The molecular formula is C19H34N4O2. The number of hydrogen-bond donors (Lipinski definition) is 2. The van der Waals surface area contributed by atoms with Gasteiger partial charge in [0.15, 0.2) is 0 Å². The number of rotatable bonds is 3. The second kappa shape index (κ2) is 6.78. The van der Waals surface area contributed by atoms with Crippen molar-refractivity contribution >= 4 is 11.9 Å². The third kappa shape index (κ3) is 3.03. The Kier molecular flexibility index (Phi) is 5.02. The monoisotopic (exact) mass is 350 g/mol. The fourth-order valence-electron chi connectivity index (χ4n) is 5.61. The fourth-order valence-corrected chi connectivity index (χ4v) is 5.61. The van der Waals surface area contributed by atoms with E-state index in [0.29, 0.717) is 5.92 Å². The normalized spacial score (nSPS) is 31.4. The van der Waals surface area contributed by atoms with Crippen LogP contribution in [0, 0.1) is 16.7 Å². The molecular weight excluding hydrogens is 316 g/mol. The van der Waals surface area contributed by atoms with Crippen molar-refractivity contribution in [2.75, 3.05) is 39.8 Å². The molecule has 6 heteroatoms. The van der Waals surface area contributed by atoms with E-state index in [0.717, 1.165) is 58.4 Å². The van der Waals surface area contributed by atoms with E-state index in [-0.39, 0.29) is 28.8 Å². The zero-order chi connectivity index (χ0) is 18.2. The highest BCUT2D eigenvalue weighted by atomic mass is 16.2. The van der Waals surface area contributed by atoms with Gasteiger partial charge in [0.2, 0.25) is 5.91 Å². The van der Waals surface area contributed by atoms with Crippen molar-refractivity contribution in [3.05, 3.63) is 0 Å². The van der Waals surface area contributed by atoms with E-state index in [9.17, 15) is 9.59 Å². The van der Waals surface area contributed by atoms with Gasteiger partial charge in [-0.2, -0.15) is 0 Å². The topological polar surface area (TPSA) is 64.7 Å². The van der Waals surface area contributed by atoms with Crippen LogP contribution in [0.25, 0.3) is 0 Å². The highest BCUT2D eigenvalue weighted by Gasteiger charge is 2.63. The molecule has 2 heterocycles. The average molecular weight is 351 g/mol. The number of nitrogens with one attached hydrogen (secondary N) is 2. The van der Waals surface area contributed by atoms with Crippen LogP contribution in [0.4, 0.5) is 4.79 Å². The molecule has 1 aliphatic carbocycles. The van der Waals surface area contributed by atoms with Gasteiger partial charge in [-0.3, -0.25) is 4.79 Å². The number of likely N-dealkylation sites (tertiary alicyclic amines) is 2. The molecule has 25 heavy (non-hydrogen) atoms. The minimum Gasteiger partial charge on any atom is -0.359 e. The number of carbonyl (C=O) groups excluding carboxylic acids is 2. The second-order valence-corrected chi connectivity index (χ2v) is 8.57. The molecule has 0 radical (unpaired) electrons. The van der Waals surface area contributed by atoms with E-state index >= 15 is 0 Å². The molecule has 2 atom stereocenters. The molecule has 3 rings (SSSR count). The van der Waals surface area contributed by atoms with Gasteiger partial charge in [-0.05, 0) is 57.4 Å². The number of piperidine rings is 1. The lowest BCUT2D eigenvalue weighted by Gasteiger charge is -2.44. The lowest BCUT2D eigenvalue weighted by atomic mass is 9.65. The molecule has 0 bridgehead atoms. The SMILES string of the molecule is CCN1C[C@@H]2C3(CCN(C(=O)NC(C)C)CC3)CC[C@]2(C(=O)NC)C1. The van der Waals surface area contributed by atoms with Crippen molar-refractivity contribution in [3.63, 3.8) is 0 Å². The van der Waals surface area contributed by atoms with Gasteiger partial charge in [-0.15, -0.1) is 0 Å². The van der Waals surface area contributed by atoms with Crippen LogP contribution >= 0.6 is 0 Å². The van der Waals surface area contributed by atoms with E-state index in [1.54, 1.807) is 7.05 Å². The van der Waals surface area contributed by atoms with Crippen LogP contribution in [0.5, 0.6) is 0 Å². The largest absolute Gasteiger partial charge is 0.359 e. The molecule has 0 aromatic heterocycles. The summed E-state index contributed by atoms with van der Waals surface area (Å²) in [6, 6.07) is 0.228. The fraction of sp³-hybridized carbons (Fsp3) is 0.895. The van der Waals surface area contributed by atoms with E-state index in [1.807, 2.05) is 18.7 Å². The average Bonchev–Trinajstić information content (AvgIpc) is 3.11. The first-order valence-corrected chi connectivity index (χ1v) is 9.87. The van der Waals surface area contributed by atoms with Crippen molar-refractivity contribution in [2.45, 2.75) is 52.5 Å². The van der Waals surface area contributed by atoms with Gasteiger partial charge < -0.3 is 20.4 Å². The summed E-state index contributed by atoms with van der Waals surface area (Å²) in [6.07, 6.45) is 4.17. The van der Waals surface area contributed by atoms with E-state index in [1.165, 1.54) is 0 Å². The molecule has 3 fully saturated rings. The molecule has 0 aromatic carbocycles. The molecule has 1 saturated carbocycles. The third-order valence-electron chi connectivity index (χ3n) is 7.01. The number of urea groups is 1. The number of fused-ring (bicyclic) bond motifs is 2. The maximum atomic E-state index is 12.8. The minimum absolute atomic E-state index is 0.0574. The first-order valence-electron chi connectivity index (χ1n) is 9.87. The van der Waals surface area contributed by atoms with Crippen LogP contribution in [0.3, 0.4) is 0 Å². The van der Waals surface area contributed by atoms with E-state index < -0.39 is 0 Å². The van der Waals surface area contributed by atoms with Crippen LogP contribution < -0.4 is 10.6 Å². The summed E-state index contributed by atoms with van der Waals surface area (Å²) in [7, 11) is 1.77. The maximum Gasteiger partial charge on any atom is 0.317 e. The van der Waals surface area contributed by atoms with Crippen molar-refractivity contribution in [1.29, 1.82) is 0 Å². The molecule has 1 spiro atoms. The molecule has 142 valence electrons.